The van der Waals surface area contributed by atoms with Gasteiger partial charge in [-0.15, -0.1) is 0 Å². The monoisotopic (exact) mass is 204 g/mol. The normalized spacial score (nSPS) is 15.6. The molecule has 0 saturated carbocycles. The molecule has 0 amide bonds. The highest BCUT2D eigenvalue weighted by Gasteiger charge is 2.10. The van der Waals surface area contributed by atoms with Gasteiger partial charge in [-0.1, -0.05) is 12.2 Å². The lowest BCUT2D eigenvalue weighted by Gasteiger charge is -2.15. The molecule has 0 unspecified atom stereocenters. The molecule has 4 heteroatoms. The molecule has 0 radical (unpaired) electrons. The number of hydrogen-bond acceptors (Lipinski definition) is 4. The van der Waals surface area contributed by atoms with Gasteiger partial charge >= 0.3 is 0 Å². The summed E-state index contributed by atoms with van der Waals surface area (Å²) in [6.45, 7) is 0. The minimum absolute atomic E-state index is 0.495. The van der Waals surface area contributed by atoms with Crippen molar-refractivity contribution in [2.45, 2.75) is 18.9 Å². The minimum atomic E-state index is 0.495. The standard InChI is InChI=1S/C11H16N4/c1-15(2)11-12-8-7-10(14-11)13-9-5-3-4-6-9/h3-4,7-9H,5-6H2,1-2H3,(H,12,13,14). The topological polar surface area (TPSA) is 41.1 Å². The van der Waals surface area contributed by atoms with E-state index in [1.165, 1.54) is 0 Å². The Morgan fingerprint density at radius 3 is 2.73 bits per heavy atom. The molecule has 1 aromatic rings. The summed E-state index contributed by atoms with van der Waals surface area (Å²) in [6, 6.07) is 2.40. The fourth-order valence-corrected chi connectivity index (χ4v) is 1.59. The van der Waals surface area contributed by atoms with Crippen molar-refractivity contribution in [1.82, 2.24) is 9.97 Å². The molecule has 0 atom stereocenters. The Morgan fingerprint density at radius 2 is 2.07 bits per heavy atom. The zero-order valence-corrected chi connectivity index (χ0v) is 9.14. The summed E-state index contributed by atoms with van der Waals surface area (Å²) in [6.07, 6.45) is 8.35. The van der Waals surface area contributed by atoms with Crippen molar-refractivity contribution in [1.29, 1.82) is 0 Å². The lowest BCUT2D eigenvalue weighted by molar-refractivity contribution is 0.779. The number of aromatic nitrogens is 2. The van der Waals surface area contributed by atoms with E-state index in [1.54, 1.807) is 6.20 Å². The second-order valence-electron chi connectivity index (χ2n) is 3.92. The summed E-state index contributed by atoms with van der Waals surface area (Å²) in [5.74, 6) is 1.65. The number of nitrogens with one attached hydrogen (secondary N) is 1. The Kier molecular flexibility index (Phi) is 2.85. The molecule has 1 aromatic heterocycles. The minimum Gasteiger partial charge on any atom is -0.367 e. The predicted molar refractivity (Wildman–Crippen MR) is 62.1 cm³/mol. The Morgan fingerprint density at radius 1 is 1.33 bits per heavy atom. The van der Waals surface area contributed by atoms with Gasteiger partial charge in [0.15, 0.2) is 0 Å². The van der Waals surface area contributed by atoms with Crippen LogP contribution in [-0.2, 0) is 0 Å². The average Bonchev–Trinajstić information content (AvgIpc) is 2.71. The van der Waals surface area contributed by atoms with Gasteiger partial charge in [0.05, 0.1) is 0 Å². The van der Waals surface area contributed by atoms with Crippen LogP contribution in [0.15, 0.2) is 24.4 Å². The highest BCUT2D eigenvalue weighted by atomic mass is 15.2. The quantitative estimate of drug-likeness (QED) is 0.760. The van der Waals surface area contributed by atoms with E-state index in [9.17, 15) is 0 Å². The molecule has 1 N–H and O–H groups in total. The van der Waals surface area contributed by atoms with Gasteiger partial charge in [0.2, 0.25) is 5.95 Å². The predicted octanol–water partition coefficient (Wildman–Crippen LogP) is 1.67. The maximum absolute atomic E-state index is 4.41. The van der Waals surface area contributed by atoms with Gasteiger partial charge in [-0.3, -0.25) is 0 Å². The average molecular weight is 204 g/mol. The van der Waals surface area contributed by atoms with Crippen LogP contribution in [0.3, 0.4) is 0 Å². The van der Waals surface area contributed by atoms with Crippen LogP contribution in [0, 0.1) is 0 Å². The van der Waals surface area contributed by atoms with Gasteiger partial charge in [0.1, 0.15) is 5.82 Å². The Labute approximate surface area is 90.0 Å². The lowest BCUT2D eigenvalue weighted by atomic mass is 10.2. The van der Waals surface area contributed by atoms with Crippen LogP contribution in [0.2, 0.25) is 0 Å². The molecule has 0 bridgehead atoms. The molecule has 15 heavy (non-hydrogen) atoms. The second kappa shape index (κ2) is 4.29. The molecule has 80 valence electrons. The molecule has 0 fully saturated rings. The van der Waals surface area contributed by atoms with Crippen molar-refractivity contribution in [2.24, 2.45) is 0 Å². The molecule has 0 aliphatic heterocycles. The molecule has 0 saturated heterocycles. The van der Waals surface area contributed by atoms with E-state index in [-0.39, 0.29) is 0 Å². The Bertz CT molecular complexity index is 351. The SMILES string of the molecule is CN(C)c1nccc(NC2CC=CC2)n1. The molecular weight excluding hydrogens is 188 g/mol. The number of hydrogen-bond donors (Lipinski definition) is 1. The van der Waals surface area contributed by atoms with Crippen LogP contribution in [0.25, 0.3) is 0 Å². The number of rotatable bonds is 3. The van der Waals surface area contributed by atoms with Crippen molar-refractivity contribution >= 4 is 11.8 Å². The molecule has 1 aliphatic carbocycles. The van der Waals surface area contributed by atoms with Gasteiger partial charge in [0.25, 0.3) is 0 Å². The van der Waals surface area contributed by atoms with Crippen LogP contribution in [0.4, 0.5) is 11.8 Å². The zero-order valence-electron chi connectivity index (χ0n) is 9.14. The Hall–Kier alpha value is -1.58. The van der Waals surface area contributed by atoms with Crippen LogP contribution in [0.5, 0.6) is 0 Å². The zero-order chi connectivity index (χ0) is 10.7. The van der Waals surface area contributed by atoms with E-state index in [0.29, 0.717) is 6.04 Å². The van der Waals surface area contributed by atoms with E-state index < -0.39 is 0 Å². The van der Waals surface area contributed by atoms with Crippen molar-refractivity contribution in [3.63, 3.8) is 0 Å². The third-order valence-corrected chi connectivity index (χ3v) is 2.40. The smallest absolute Gasteiger partial charge is 0.226 e. The van der Waals surface area contributed by atoms with Gasteiger partial charge in [-0.05, 0) is 18.9 Å². The fraction of sp³-hybridized carbons (Fsp3) is 0.455. The summed E-state index contributed by atoms with van der Waals surface area (Å²) in [4.78, 5) is 10.5. The first-order valence-corrected chi connectivity index (χ1v) is 5.17. The third kappa shape index (κ3) is 2.46. The summed E-state index contributed by atoms with van der Waals surface area (Å²) >= 11 is 0. The maximum atomic E-state index is 4.41. The van der Waals surface area contributed by atoms with Gasteiger partial charge < -0.3 is 10.2 Å². The van der Waals surface area contributed by atoms with Crippen molar-refractivity contribution in [3.8, 4) is 0 Å². The van der Waals surface area contributed by atoms with E-state index in [4.69, 9.17) is 0 Å². The number of anilines is 2. The largest absolute Gasteiger partial charge is 0.367 e. The van der Waals surface area contributed by atoms with Gasteiger partial charge in [-0.2, -0.15) is 4.98 Å². The molecule has 1 aliphatic rings. The molecule has 0 spiro atoms. The summed E-state index contributed by atoms with van der Waals surface area (Å²) < 4.78 is 0. The van der Waals surface area contributed by atoms with E-state index in [2.05, 4.69) is 27.4 Å². The maximum Gasteiger partial charge on any atom is 0.226 e. The summed E-state index contributed by atoms with van der Waals surface area (Å²) in [7, 11) is 3.88. The van der Waals surface area contributed by atoms with Crippen molar-refractivity contribution < 1.29 is 0 Å². The van der Waals surface area contributed by atoms with Crippen molar-refractivity contribution in [3.05, 3.63) is 24.4 Å². The fourth-order valence-electron chi connectivity index (χ4n) is 1.59. The Balaban J connectivity index is 2.04. The first-order valence-electron chi connectivity index (χ1n) is 5.17. The van der Waals surface area contributed by atoms with E-state index in [0.717, 1.165) is 24.6 Å². The number of nitrogens with zero attached hydrogens (tertiary/aromatic N) is 3. The highest BCUT2D eigenvalue weighted by molar-refractivity contribution is 5.41. The van der Waals surface area contributed by atoms with Crippen LogP contribution in [-0.4, -0.2) is 30.1 Å². The summed E-state index contributed by atoms with van der Waals surface area (Å²) in [5, 5.41) is 3.40. The lowest BCUT2D eigenvalue weighted by Crippen LogP contribution is -2.18. The molecule has 0 aromatic carbocycles. The van der Waals surface area contributed by atoms with Crippen molar-refractivity contribution in [2.75, 3.05) is 24.3 Å². The molecular formula is C11H16N4. The molecule has 1 heterocycles. The van der Waals surface area contributed by atoms with E-state index >= 15 is 0 Å². The van der Waals surface area contributed by atoms with E-state index in [1.807, 2.05) is 25.1 Å². The highest BCUT2D eigenvalue weighted by Crippen LogP contribution is 2.16. The van der Waals surface area contributed by atoms with Crippen LogP contribution < -0.4 is 10.2 Å². The summed E-state index contributed by atoms with van der Waals surface area (Å²) in [5.41, 5.74) is 0. The van der Waals surface area contributed by atoms with Gasteiger partial charge in [0, 0.05) is 26.3 Å². The first kappa shape index (κ1) is 9.96. The first-order chi connectivity index (χ1) is 7.25. The molecule has 2 rings (SSSR count). The van der Waals surface area contributed by atoms with Crippen LogP contribution in [0.1, 0.15) is 12.8 Å². The molecule has 4 nitrogen and oxygen atoms in total. The van der Waals surface area contributed by atoms with Gasteiger partial charge in [-0.25, -0.2) is 4.98 Å². The third-order valence-electron chi connectivity index (χ3n) is 2.40. The van der Waals surface area contributed by atoms with Crippen LogP contribution >= 0.6 is 0 Å². The second-order valence-corrected chi connectivity index (χ2v) is 3.92.